The summed E-state index contributed by atoms with van der Waals surface area (Å²) in [6, 6.07) is 17.7. The monoisotopic (exact) mass is 326 g/mol. The molecule has 0 spiro atoms. The van der Waals surface area contributed by atoms with Gasteiger partial charge in [-0.15, -0.1) is 0 Å². The quantitative estimate of drug-likeness (QED) is 0.710. The fourth-order valence-electron chi connectivity index (χ4n) is 2.39. The van der Waals surface area contributed by atoms with Gasteiger partial charge in [-0.2, -0.15) is 0 Å². The fraction of sp³-hybridized carbons (Fsp3) is 0.350. The molecule has 2 rings (SSSR count). The minimum absolute atomic E-state index is 0.0286. The van der Waals surface area contributed by atoms with Crippen LogP contribution < -0.4 is 10.1 Å². The second kappa shape index (κ2) is 9.73. The van der Waals surface area contributed by atoms with Crippen LogP contribution >= 0.6 is 0 Å². The Bertz CT molecular complexity index is 629. The molecule has 24 heavy (non-hydrogen) atoms. The molecule has 0 aliphatic carbocycles. The van der Waals surface area contributed by atoms with Gasteiger partial charge in [0.15, 0.2) is 0 Å². The molecular formula is C20H26N2O2. The molecule has 1 amide bonds. The molecule has 2 aromatic carbocycles. The molecule has 1 N–H and O–H groups in total. The van der Waals surface area contributed by atoms with Crippen molar-refractivity contribution in [2.45, 2.75) is 26.3 Å². The Balaban J connectivity index is 1.82. The van der Waals surface area contributed by atoms with E-state index < -0.39 is 0 Å². The van der Waals surface area contributed by atoms with Crippen molar-refractivity contribution in [3.05, 3.63) is 60.2 Å². The summed E-state index contributed by atoms with van der Waals surface area (Å²) in [4.78, 5) is 14.2. The third-order valence-electron chi connectivity index (χ3n) is 3.59. The Labute approximate surface area is 144 Å². The van der Waals surface area contributed by atoms with Crippen LogP contribution in [-0.2, 0) is 11.3 Å². The number of amides is 1. The Morgan fingerprint density at radius 1 is 1.12 bits per heavy atom. The number of carbonyl (C=O) groups excluding carboxylic acids is 1. The summed E-state index contributed by atoms with van der Waals surface area (Å²) in [5.41, 5.74) is 1.96. The van der Waals surface area contributed by atoms with E-state index in [-0.39, 0.29) is 5.91 Å². The van der Waals surface area contributed by atoms with Crippen LogP contribution in [-0.4, -0.2) is 31.0 Å². The highest BCUT2D eigenvalue weighted by atomic mass is 16.5. The summed E-state index contributed by atoms with van der Waals surface area (Å²) in [6.07, 6.45) is 2.13. The average Bonchev–Trinajstić information content (AvgIpc) is 2.56. The van der Waals surface area contributed by atoms with Crippen molar-refractivity contribution in [1.82, 2.24) is 4.90 Å². The normalized spacial score (nSPS) is 10.6. The summed E-state index contributed by atoms with van der Waals surface area (Å²) < 4.78 is 5.67. The van der Waals surface area contributed by atoms with Gasteiger partial charge in [0, 0.05) is 18.3 Å². The van der Waals surface area contributed by atoms with Crippen molar-refractivity contribution in [3.8, 4) is 5.75 Å². The third-order valence-corrected chi connectivity index (χ3v) is 3.59. The maximum absolute atomic E-state index is 12.2. The van der Waals surface area contributed by atoms with Gasteiger partial charge in [0.25, 0.3) is 0 Å². The minimum Gasteiger partial charge on any atom is -0.494 e. The number of unbranched alkanes of at least 4 members (excludes halogenated alkanes) is 1. The summed E-state index contributed by atoms with van der Waals surface area (Å²) >= 11 is 0. The van der Waals surface area contributed by atoms with Crippen LogP contribution in [0.4, 0.5) is 5.69 Å². The van der Waals surface area contributed by atoms with Crippen LogP contribution in [0.25, 0.3) is 0 Å². The topological polar surface area (TPSA) is 41.6 Å². The second-order valence-electron chi connectivity index (χ2n) is 5.94. The smallest absolute Gasteiger partial charge is 0.238 e. The zero-order chi connectivity index (χ0) is 17.2. The number of carbonyl (C=O) groups is 1. The Morgan fingerprint density at radius 3 is 2.67 bits per heavy atom. The largest absolute Gasteiger partial charge is 0.494 e. The van der Waals surface area contributed by atoms with Gasteiger partial charge in [-0.25, -0.2) is 0 Å². The van der Waals surface area contributed by atoms with Crippen molar-refractivity contribution in [3.63, 3.8) is 0 Å². The van der Waals surface area contributed by atoms with E-state index in [1.807, 2.05) is 54.4 Å². The average molecular weight is 326 g/mol. The molecule has 0 fully saturated rings. The van der Waals surface area contributed by atoms with Gasteiger partial charge in [-0.1, -0.05) is 49.7 Å². The van der Waals surface area contributed by atoms with Gasteiger partial charge in [-0.05, 0) is 31.2 Å². The Morgan fingerprint density at radius 2 is 1.92 bits per heavy atom. The number of nitrogens with one attached hydrogen (secondary N) is 1. The van der Waals surface area contributed by atoms with Crippen LogP contribution in [0.15, 0.2) is 54.6 Å². The summed E-state index contributed by atoms with van der Waals surface area (Å²) in [7, 11) is 1.94. The van der Waals surface area contributed by atoms with Gasteiger partial charge in [0.1, 0.15) is 5.75 Å². The van der Waals surface area contributed by atoms with Crippen molar-refractivity contribution in [2.75, 3.05) is 25.5 Å². The maximum atomic E-state index is 12.2. The molecule has 0 saturated carbocycles. The van der Waals surface area contributed by atoms with Gasteiger partial charge in [-0.3, -0.25) is 9.69 Å². The van der Waals surface area contributed by atoms with E-state index in [9.17, 15) is 4.79 Å². The number of nitrogens with zero attached hydrogens (tertiary/aromatic N) is 1. The van der Waals surface area contributed by atoms with E-state index in [0.29, 0.717) is 13.2 Å². The van der Waals surface area contributed by atoms with E-state index in [4.69, 9.17) is 4.74 Å². The Kier molecular flexibility index (Phi) is 7.30. The molecular weight excluding hydrogens is 300 g/mol. The van der Waals surface area contributed by atoms with Crippen LogP contribution in [0.2, 0.25) is 0 Å². The molecule has 0 unspecified atom stereocenters. The predicted molar refractivity (Wildman–Crippen MR) is 98.3 cm³/mol. The van der Waals surface area contributed by atoms with Crippen LogP contribution in [0, 0.1) is 0 Å². The molecule has 2 aromatic rings. The number of ether oxygens (including phenoxy) is 1. The lowest BCUT2D eigenvalue weighted by molar-refractivity contribution is -0.117. The zero-order valence-electron chi connectivity index (χ0n) is 14.5. The number of benzene rings is 2. The SMILES string of the molecule is CCCCOc1cccc(NC(=O)CN(C)Cc2ccccc2)c1. The number of hydrogen-bond acceptors (Lipinski definition) is 3. The highest BCUT2D eigenvalue weighted by Gasteiger charge is 2.08. The molecule has 0 aliphatic rings. The molecule has 4 nitrogen and oxygen atoms in total. The lowest BCUT2D eigenvalue weighted by atomic mass is 10.2. The molecule has 0 aliphatic heterocycles. The standard InChI is InChI=1S/C20H26N2O2/c1-3-4-13-24-19-12-8-11-18(14-19)21-20(23)16-22(2)15-17-9-6-5-7-10-17/h5-12,14H,3-4,13,15-16H2,1-2H3,(H,21,23). The molecule has 0 heterocycles. The van der Waals surface area contributed by atoms with Crippen LogP contribution in [0.1, 0.15) is 25.3 Å². The maximum Gasteiger partial charge on any atom is 0.238 e. The van der Waals surface area contributed by atoms with Crippen LogP contribution in [0.3, 0.4) is 0 Å². The zero-order valence-corrected chi connectivity index (χ0v) is 14.5. The summed E-state index contributed by atoms with van der Waals surface area (Å²) in [5, 5.41) is 2.93. The Hall–Kier alpha value is -2.33. The first kappa shape index (κ1) is 18.0. The van der Waals surface area contributed by atoms with Crippen molar-refractivity contribution >= 4 is 11.6 Å². The highest BCUT2D eigenvalue weighted by Crippen LogP contribution is 2.17. The molecule has 0 atom stereocenters. The molecule has 128 valence electrons. The van der Waals surface area contributed by atoms with Crippen molar-refractivity contribution in [1.29, 1.82) is 0 Å². The molecule has 0 aromatic heterocycles. The summed E-state index contributed by atoms with van der Waals surface area (Å²) in [5.74, 6) is 0.762. The van der Waals surface area contributed by atoms with Gasteiger partial charge < -0.3 is 10.1 Å². The second-order valence-corrected chi connectivity index (χ2v) is 5.94. The highest BCUT2D eigenvalue weighted by molar-refractivity contribution is 5.92. The number of likely N-dealkylation sites (N-methyl/N-ethyl adjacent to an activating group) is 1. The van der Waals surface area contributed by atoms with E-state index in [0.717, 1.165) is 30.8 Å². The van der Waals surface area contributed by atoms with E-state index in [1.165, 1.54) is 5.56 Å². The van der Waals surface area contributed by atoms with E-state index >= 15 is 0 Å². The number of hydrogen-bond donors (Lipinski definition) is 1. The first-order valence-electron chi connectivity index (χ1n) is 8.42. The fourth-order valence-corrected chi connectivity index (χ4v) is 2.39. The van der Waals surface area contributed by atoms with E-state index in [1.54, 1.807) is 0 Å². The first-order valence-corrected chi connectivity index (χ1v) is 8.42. The predicted octanol–water partition coefficient (Wildman–Crippen LogP) is 3.94. The molecule has 4 heteroatoms. The number of anilines is 1. The molecule has 0 saturated heterocycles. The van der Waals surface area contributed by atoms with Gasteiger partial charge in [0.05, 0.1) is 13.2 Å². The lowest BCUT2D eigenvalue weighted by Gasteiger charge is -2.16. The van der Waals surface area contributed by atoms with Crippen molar-refractivity contribution < 1.29 is 9.53 Å². The van der Waals surface area contributed by atoms with Crippen molar-refractivity contribution in [2.24, 2.45) is 0 Å². The van der Waals surface area contributed by atoms with E-state index in [2.05, 4.69) is 24.4 Å². The lowest BCUT2D eigenvalue weighted by Crippen LogP contribution is -2.29. The first-order chi connectivity index (χ1) is 11.7. The van der Waals surface area contributed by atoms with Gasteiger partial charge in [0.2, 0.25) is 5.91 Å². The third kappa shape index (κ3) is 6.42. The minimum atomic E-state index is -0.0286. The molecule has 0 bridgehead atoms. The summed E-state index contributed by atoms with van der Waals surface area (Å²) in [6.45, 7) is 3.92. The number of rotatable bonds is 9. The van der Waals surface area contributed by atoms with Gasteiger partial charge >= 0.3 is 0 Å². The molecule has 0 radical (unpaired) electrons. The van der Waals surface area contributed by atoms with Crippen LogP contribution in [0.5, 0.6) is 5.75 Å².